The first-order valence-electron chi connectivity index (χ1n) is 3.13. The quantitative estimate of drug-likeness (QED) is 0.437. The molecule has 0 aromatic heterocycles. The molecule has 0 unspecified atom stereocenters. The third kappa shape index (κ3) is 5.14. The molecule has 0 heterocycles. The smallest absolute Gasteiger partial charge is 0.330 e. The number of rotatable bonds is 3. The average molecular weight is 158 g/mol. The SMILES string of the molecule is CCOC(=O)/C=C\C(=O)OC. The van der Waals surface area contributed by atoms with Gasteiger partial charge in [-0.05, 0) is 6.92 Å². The molecule has 11 heavy (non-hydrogen) atoms. The Morgan fingerprint density at radius 2 is 1.82 bits per heavy atom. The molecule has 0 spiro atoms. The van der Waals surface area contributed by atoms with Gasteiger partial charge in [-0.1, -0.05) is 0 Å². The number of ether oxygens (including phenoxy) is 2. The van der Waals surface area contributed by atoms with Gasteiger partial charge < -0.3 is 9.47 Å². The minimum atomic E-state index is -0.571. The molecule has 0 rings (SSSR count). The molecule has 0 saturated heterocycles. The molecule has 0 aliphatic carbocycles. The van der Waals surface area contributed by atoms with Crippen LogP contribution in [0.1, 0.15) is 6.92 Å². The minimum Gasteiger partial charge on any atom is -0.466 e. The Balaban J connectivity index is 3.73. The summed E-state index contributed by atoms with van der Waals surface area (Å²) in [5.41, 5.74) is 0. The molecule has 0 aliphatic heterocycles. The molecule has 0 fully saturated rings. The summed E-state index contributed by atoms with van der Waals surface area (Å²) < 4.78 is 8.75. The van der Waals surface area contributed by atoms with Gasteiger partial charge in [0, 0.05) is 12.2 Å². The average Bonchev–Trinajstić information content (AvgIpc) is 2.01. The van der Waals surface area contributed by atoms with E-state index in [2.05, 4.69) is 9.47 Å². The van der Waals surface area contributed by atoms with Crippen molar-refractivity contribution in [3.8, 4) is 0 Å². The van der Waals surface area contributed by atoms with Crippen LogP contribution in [-0.2, 0) is 19.1 Å². The van der Waals surface area contributed by atoms with E-state index in [0.717, 1.165) is 12.2 Å². The Morgan fingerprint density at radius 1 is 1.27 bits per heavy atom. The monoisotopic (exact) mass is 158 g/mol. The lowest BCUT2D eigenvalue weighted by Gasteiger charge is -1.93. The number of esters is 2. The zero-order valence-electron chi connectivity index (χ0n) is 6.49. The molecule has 0 atom stereocenters. The van der Waals surface area contributed by atoms with E-state index in [0.29, 0.717) is 6.61 Å². The van der Waals surface area contributed by atoms with Gasteiger partial charge in [0.2, 0.25) is 0 Å². The number of hydrogen-bond donors (Lipinski definition) is 0. The third-order valence-electron chi connectivity index (χ3n) is 0.843. The summed E-state index contributed by atoms with van der Waals surface area (Å²) in [6.07, 6.45) is 2.04. The van der Waals surface area contributed by atoms with Crippen molar-refractivity contribution in [3.05, 3.63) is 12.2 Å². The van der Waals surface area contributed by atoms with Crippen LogP contribution in [-0.4, -0.2) is 25.7 Å². The van der Waals surface area contributed by atoms with Crippen molar-refractivity contribution in [2.75, 3.05) is 13.7 Å². The van der Waals surface area contributed by atoms with Gasteiger partial charge in [-0.3, -0.25) is 0 Å². The molecule has 0 aromatic rings. The fourth-order valence-electron chi connectivity index (χ4n) is 0.394. The molecule has 0 aliphatic rings. The minimum absolute atomic E-state index is 0.296. The van der Waals surface area contributed by atoms with Crippen LogP contribution in [0.5, 0.6) is 0 Å². The lowest BCUT2D eigenvalue weighted by atomic mass is 10.5. The molecule has 4 nitrogen and oxygen atoms in total. The van der Waals surface area contributed by atoms with Gasteiger partial charge in [-0.25, -0.2) is 9.59 Å². The molecule has 0 radical (unpaired) electrons. The first kappa shape index (κ1) is 9.68. The number of hydrogen-bond acceptors (Lipinski definition) is 4. The highest BCUT2D eigenvalue weighted by molar-refractivity contribution is 5.91. The van der Waals surface area contributed by atoms with Gasteiger partial charge in [-0.15, -0.1) is 0 Å². The largest absolute Gasteiger partial charge is 0.466 e. The highest BCUT2D eigenvalue weighted by Gasteiger charge is 1.96. The zero-order valence-corrected chi connectivity index (χ0v) is 6.49. The maximum Gasteiger partial charge on any atom is 0.330 e. The number of methoxy groups -OCH3 is 1. The van der Waals surface area contributed by atoms with Crippen molar-refractivity contribution < 1.29 is 19.1 Å². The first-order chi connectivity index (χ1) is 5.20. The maximum atomic E-state index is 10.5. The second-order valence-electron chi connectivity index (χ2n) is 1.61. The van der Waals surface area contributed by atoms with Gasteiger partial charge in [-0.2, -0.15) is 0 Å². The third-order valence-corrected chi connectivity index (χ3v) is 0.843. The van der Waals surface area contributed by atoms with Gasteiger partial charge in [0.15, 0.2) is 0 Å². The second-order valence-corrected chi connectivity index (χ2v) is 1.61. The molecule has 0 N–H and O–H groups in total. The fraction of sp³-hybridized carbons (Fsp3) is 0.429. The van der Waals surface area contributed by atoms with E-state index in [9.17, 15) is 9.59 Å². The van der Waals surface area contributed by atoms with Crippen molar-refractivity contribution in [3.63, 3.8) is 0 Å². The molecule has 62 valence electrons. The van der Waals surface area contributed by atoms with E-state index in [-0.39, 0.29) is 0 Å². The number of carbonyl (C=O) groups is 2. The molecular weight excluding hydrogens is 148 g/mol. The zero-order chi connectivity index (χ0) is 8.69. The molecule has 0 aromatic carbocycles. The Labute approximate surface area is 64.8 Å². The molecule has 0 amide bonds. The Hall–Kier alpha value is -1.32. The highest BCUT2D eigenvalue weighted by Crippen LogP contribution is 1.82. The van der Waals surface area contributed by atoms with Crippen molar-refractivity contribution in [2.24, 2.45) is 0 Å². The van der Waals surface area contributed by atoms with Gasteiger partial charge in [0.05, 0.1) is 13.7 Å². The summed E-state index contributed by atoms with van der Waals surface area (Å²) in [5.74, 6) is -1.11. The Bertz CT molecular complexity index is 171. The van der Waals surface area contributed by atoms with Gasteiger partial charge in [0.25, 0.3) is 0 Å². The van der Waals surface area contributed by atoms with E-state index in [1.165, 1.54) is 7.11 Å². The van der Waals surface area contributed by atoms with Crippen LogP contribution in [0.3, 0.4) is 0 Å². The molecule has 4 heteroatoms. The summed E-state index contributed by atoms with van der Waals surface area (Å²) in [6, 6.07) is 0. The summed E-state index contributed by atoms with van der Waals surface area (Å²) in [7, 11) is 1.23. The predicted octanol–water partition coefficient (Wildman–Crippen LogP) is 0.279. The van der Waals surface area contributed by atoms with Crippen LogP contribution in [0.2, 0.25) is 0 Å². The van der Waals surface area contributed by atoms with E-state index >= 15 is 0 Å². The van der Waals surface area contributed by atoms with Crippen LogP contribution < -0.4 is 0 Å². The molecular formula is C7H10O4. The molecule has 0 bridgehead atoms. The summed E-state index contributed by atoms with van der Waals surface area (Å²) >= 11 is 0. The van der Waals surface area contributed by atoms with Crippen LogP contribution in [0, 0.1) is 0 Å². The van der Waals surface area contributed by atoms with Crippen LogP contribution in [0.4, 0.5) is 0 Å². The van der Waals surface area contributed by atoms with Crippen molar-refractivity contribution >= 4 is 11.9 Å². The first-order valence-corrected chi connectivity index (χ1v) is 3.13. The Kier molecular flexibility index (Phi) is 4.81. The van der Waals surface area contributed by atoms with Gasteiger partial charge in [0.1, 0.15) is 0 Å². The second kappa shape index (κ2) is 5.46. The van der Waals surface area contributed by atoms with Crippen molar-refractivity contribution in [1.29, 1.82) is 0 Å². The van der Waals surface area contributed by atoms with Crippen LogP contribution in [0.25, 0.3) is 0 Å². The van der Waals surface area contributed by atoms with E-state index < -0.39 is 11.9 Å². The topological polar surface area (TPSA) is 52.6 Å². The summed E-state index contributed by atoms with van der Waals surface area (Å²) in [4.78, 5) is 21.0. The van der Waals surface area contributed by atoms with E-state index in [4.69, 9.17) is 0 Å². The maximum absolute atomic E-state index is 10.5. The van der Waals surface area contributed by atoms with Crippen LogP contribution >= 0.6 is 0 Å². The van der Waals surface area contributed by atoms with E-state index in [1.807, 2.05) is 0 Å². The lowest BCUT2D eigenvalue weighted by molar-refractivity contribution is -0.139. The summed E-state index contributed by atoms with van der Waals surface area (Å²) in [6.45, 7) is 1.98. The van der Waals surface area contributed by atoms with Crippen molar-refractivity contribution in [2.45, 2.75) is 6.92 Å². The molecule has 0 saturated carbocycles. The van der Waals surface area contributed by atoms with Crippen molar-refractivity contribution in [1.82, 2.24) is 0 Å². The van der Waals surface area contributed by atoms with Gasteiger partial charge >= 0.3 is 11.9 Å². The summed E-state index contributed by atoms with van der Waals surface area (Å²) in [5, 5.41) is 0. The normalized spacial score (nSPS) is 9.64. The van der Waals surface area contributed by atoms with Crippen LogP contribution in [0.15, 0.2) is 12.2 Å². The number of carbonyl (C=O) groups excluding carboxylic acids is 2. The highest BCUT2D eigenvalue weighted by atomic mass is 16.5. The predicted molar refractivity (Wildman–Crippen MR) is 37.8 cm³/mol. The van der Waals surface area contributed by atoms with E-state index in [1.54, 1.807) is 6.92 Å². The Morgan fingerprint density at radius 3 is 2.27 bits per heavy atom. The lowest BCUT2D eigenvalue weighted by Crippen LogP contribution is -2.01. The fourth-order valence-corrected chi connectivity index (χ4v) is 0.394. The standard InChI is InChI=1S/C7H10O4/c1-3-11-7(9)5-4-6(8)10-2/h4-5H,3H2,1-2H3/b5-4-.